The number of rotatable bonds is 3. The van der Waals surface area contributed by atoms with Crippen LogP contribution in [0.25, 0.3) is 0 Å². The first-order valence-electron chi connectivity index (χ1n) is 7.86. The van der Waals surface area contributed by atoms with Crippen LogP contribution >= 0.6 is 23.2 Å². The molecule has 0 saturated carbocycles. The number of carbonyl (C=O) groups excluding carboxylic acids is 1. The van der Waals surface area contributed by atoms with E-state index in [1.807, 2.05) is 6.07 Å². The molecular formula is C17H14Cl2N4O3. The SMILES string of the molecule is Cc1ccc(Cl)c(NC(=O)Cn2c(=O)c(C#N)c3n(c2=O)CCC3)c1Cl. The highest BCUT2D eigenvalue weighted by Crippen LogP contribution is 2.32. The number of anilines is 1. The van der Waals surface area contributed by atoms with E-state index in [0.29, 0.717) is 30.6 Å². The van der Waals surface area contributed by atoms with Gasteiger partial charge in [0.15, 0.2) is 0 Å². The summed E-state index contributed by atoms with van der Waals surface area (Å²) in [7, 11) is 0. The number of aryl methyl sites for hydroxylation is 1. The van der Waals surface area contributed by atoms with Crippen LogP contribution in [-0.2, 0) is 24.3 Å². The Morgan fingerprint density at radius 2 is 2.08 bits per heavy atom. The van der Waals surface area contributed by atoms with Crippen LogP contribution in [0.15, 0.2) is 21.7 Å². The van der Waals surface area contributed by atoms with Crippen molar-refractivity contribution in [2.24, 2.45) is 0 Å². The fourth-order valence-corrected chi connectivity index (χ4v) is 3.45. The van der Waals surface area contributed by atoms with Gasteiger partial charge < -0.3 is 5.32 Å². The van der Waals surface area contributed by atoms with E-state index in [-0.39, 0.29) is 21.3 Å². The summed E-state index contributed by atoms with van der Waals surface area (Å²) in [6.07, 6.45) is 1.17. The quantitative estimate of drug-likeness (QED) is 0.864. The second-order valence-corrected chi connectivity index (χ2v) is 6.75. The van der Waals surface area contributed by atoms with Gasteiger partial charge in [0.2, 0.25) is 5.91 Å². The number of hydrogen-bond donors (Lipinski definition) is 1. The largest absolute Gasteiger partial charge is 0.331 e. The summed E-state index contributed by atoms with van der Waals surface area (Å²) in [6, 6.07) is 5.14. The lowest BCUT2D eigenvalue weighted by Gasteiger charge is -2.13. The van der Waals surface area contributed by atoms with Crippen molar-refractivity contribution >= 4 is 34.8 Å². The normalized spacial score (nSPS) is 12.5. The maximum Gasteiger partial charge on any atom is 0.331 e. The molecule has 0 fully saturated rings. The summed E-state index contributed by atoms with van der Waals surface area (Å²) in [4.78, 5) is 37.3. The van der Waals surface area contributed by atoms with E-state index in [1.165, 1.54) is 4.57 Å². The second-order valence-electron chi connectivity index (χ2n) is 5.96. The second kappa shape index (κ2) is 6.98. The topological polar surface area (TPSA) is 96.9 Å². The fraction of sp³-hybridized carbons (Fsp3) is 0.294. The minimum atomic E-state index is -0.762. The minimum absolute atomic E-state index is 0.0958. The molecule has 1 N–H and O–H groups in total. The molecule has 0 atom stereocenters. The maximum atomic E-state index is 12.5. The van der Waals surface area contributed by atoms with Crippen molar-refractivity contribution in [1.29, 1.82) is 5.26 Å². The van der Waals surface area contributed by atoms with Crippen molar-refractivity contribution in [1.82, 2.24) is 9.13 Å². The van der Waals surface area contributed by atoms with Crippen molar-refractivity contribution in [3.8, 4) is 6.07 Å². The van der Waals surface area contributed by atoms with E-state index in [1.54, 1.807) is 19.1 Å². The van der Waals surface area contributed by atoms with E-state index in [9.17, 15) is 19.6 Å². The lowest BCUT2D eigenvalue weighted by atomic mass is 10.2. The average molecular weight is 393 g/mol. The molecule has 0 bridgehead atoms. The van der Waals surface area contributed by atoms with Gasteiger partial charge in [0.05, 0.1) is 15.7 Å². The van der Waals surface area contributed by atoms with E-state index < -0.39 is 23.7 Å². The standard InChI is InChI=1S/C17H14Cl2N4O3/c1-9-4-5-11(18)15(14(9)19)21-13(24)8-23-16(25)10(7-20)12-3-2-6-22(12)17(23)26/h4-5H,2-3,6,8H2,1H3,(H,21,24). The van der Waals surface area contributed by atoms with Gasteiger partial charge in [-0.2, -0.15) is 5.26 Å². The molecule has 1 aromatic heterocycles. The first kappa shape index (κ1) is 18.2. The lowest BCUT2D eigenvalue weighted by Crippen LogP contribution is -2.44. The summed E-state index contributed by atoms with van der Waals surface area (Å²) in [6.45, 7) is 1.64. The predicted molar refractivity (Wildman–Crippen MR) is 97.8 cm³/mol. The van der Waals surface area contributed by atoms with E-state index in [0.717, 1.165) is 4.57 Å². The number of carbonyl (C=O) groups is 1. The summed E-state index contributed by atoms with van der Waals surface area (Å²) in [5, 5.41) is 12.3. The number of nitrogens with zero attached hydrogens (tertiary/aromatic N) is 3. The van der Waals surface area contributed by atoms with Crippen molar-refractivity contribution in [3.05, 3.63) is 59.8 Å². The maximum absolute atomic E-state index is 12.5. The Hall–Kier alpha value is -2.56. The monoisotopic (exact) mass is 392 g/mol. The Bertz CT molecular complexity index is 1080. The predicted octanol–water partition coefficient (Wildman–Crippen LogP) is 2.08. The zero-order chi connectivity index (χ0) is 19.0. The molecule has 1 aliphatic rings. The summed E-state index contributed by atoms with van der Waals surface area (Å²) < 4.78 is 2.14. The minimum Gasteiger partial charge on any atom is -0.322 e. The van der Waals surface area contributed by atoms with E-state index >= 15 is 0 Å². The lowest BCUT2D eigenvalue weighted by molar-refractivity contribution is -0.116. The van der Waals surface area contributed by atoms with Gasteiger partial charge in [-0.3, -0.25) is 14.2 Å². The number of benzene rings is 1. The molecule has 1 aliphatic heterocycles. The van der Waals surface area contributed by atoms with Crippen molar-refractivity contribution in [3.63, 3.8) is 0 Å². The van der Waals surface area contributed by atoms with Gasteiger partial charge in [-0.1, -0.05) is 29.3 Å². The molecule has 134 valence electrons. The molecule has 1 amide bonds. The Morgan fingerprint density at radius 3 is 2.77 bits per heavy atom. The Kier molecular flexibility index (Phi) is 4.90. The molecule has 1 aromatic carbocycles. The molecule has 9 heteroatoms. The van der Waals surface area contributed by atoms with E-state index in [2.05, 4.69) is 5.32 Å². The number of fused-ring (bicyclic) bond motifs is 1. The summed E-state index contributed by atoms with van der Waals surface area (Å²) >= 11 is 12.2. The zero-order valence-corrected chi connectivity index (χ0v) is 15.3. The molecule has 3 rings (SSSR count). The third-order valence-electron chi connectivity index (χ3n) is 4.29. The highest BCUT2D eigenvalue weighted by Gasteiger charge is 2.23. The molecule has 0 spiro atoms. The van der Waals surface area contributed by atoms with Crippen LogP contribution in [0.4, 0.5) is 5.69 Å². The van der Waals surface area contributed by atoms with Gasteiger partial charge in [0.1, 0.15) is 18.2 Å². The molecule has 7 nitrogen and oxygen atoms in total. The first-order valence-corrected chi connectivity index (χ1v) is 8.61. The molecule has 26 heavy (non-hydrogen) atoms. The van der Waals surface area contributed by atoms with Crippen molar-refractivity contribution in [2.45, 2.75) is 32.9 Å². The molecule has 0 aliphatic carbocycles. The van der Waals surface area contributed by atoms with Crippen LogP contribution in [-0.4, -0.2) is 15.0 Å². The summed E-state index contributed by atoms with van der Waals surface area (Å²) in [5.74, 6) is -0.638. The molecule has 2 aromatic rings. The first-order chi connectivity index (χ1) is 12.3. The van der Waals surface area contributed by atoms with Crippen LogP contribution in [0.1, 0.15) is 23.2 Å². The van der Waals surface area contributed by atoms with Crippen LogP contribution in [0.3, 0.4) is 0 Å². The van der Waals surface area contributed by atoms with Gasteiger partial charge in [0.25, 0.3) is 5.56 Å². The number of aromatic nitrogens is 2. The smallest absolute Gasteiger partial charge is 0.322 e. The van der Waals surface area contributed by atoms with Gasteiger partial charge in [-0.05, 0) is 31.4 Å². The average Bonchev–Trinajstić information content (AvgIpc) is 3.09. The van der Waals surface area contributed by atoms with Gasteiger partial charge in [-0.15, -0.1) is 0 Å². The van der Waals surface area contributed by atoms with Crippen molar-refractivity contribution in [2.75, 3.05) is 5.32 Å². The van der Waals surface area contributed by atoms with Crippen LogP contribution in [0.5, 0.6) is 0 Å². The van der Waals surface area contributed by atoms with Gasteiger partial charge in [0, 0.05) is 12.2 Å². The number of hydrogen-bond acceptors (Lipinski definition) is 4. The molecule has 2 heterocycles. The van der Waals surface area contributed by atoms with Crippen LogP contribution < -0.4 is 16.6 Å². The number of halogens is 2. The number of nitriles is 1. The molecule has 0 saturated heterocycles. The Balaban J connectivity index is 1.97. The highest BCUT2D eigenvalue weighted by atomic mass is 35.5. The highest BCUT2D eigenvalue weighted by molar-refractivity contribution is 6.40. The Morgan fingerprint density at radius 1 is 1.35 bits per heavy atom. The fourth-order valence-electron chi connectivity index (χ4n) is 2.98. The van der Waals surface area contributed by atoms with Crippen LogP contribution in [0, 0.1) is 18.3 Å². The van der Waals surface area contributed by atoms with Gasteiger partial charge in [-0.25, -0.2) is 9.36 Å². The van der Waals surface area contributed by atoms with Crippen LogP contribution in [0.2, 0.25) is 10.0 Å². The summed E-state index contributed by atoms with van der Waals surface area (Å²) in [5.41, 5.74) is -0.0909. The zero-order valence-electron chi connectivity index (χ0n) is 13.8. The number of nitrogens with one attached hydrogen (secondary N) is 1. The van der Waals surface area contributed by atoms with Crippen molar-refractivity contribution < 1.29 is 4.79 Å². The van der Waals surface area contributed by atoms with Gasteiger partial charge >= 0.3 is 5.69 Å². The molecule has 0 unspecified atom stereocenters. The molecule has 0 radical (unpaired) electrons. The third kappa shape index (κ3) is 3.02. The third-order valence-corrected chi connectivity index (χ3v) is 5.09. The number of amides is 1. The van der Waals surface area contributed by atoms with E-state index in [4.69, 9.17) is 23.2 Å². The Labute approximate surface area is 158 Å². The molecular weight excluding hydrogens is 379 g/mol.